The van der Waals surface area contributed by atoms with Gasteiger partial charge in [0, 0.05) is 25.2 Å². The van der Waals surface area contributed by atoms with Crippen molar-refractivity contribution >= 4 is 5.91 Å². The fourth-order valence-corrected chi connectivity index (χ4v) is 2.64. The number of fused-ring (bicyclic) bond motifs is 1. The summed E-state index contributed by atoms with van der Waals surface area (Å²) in [5, 5.41) is 2.94. The molecule has 2 rings (SSSR count). The molecular weight excluding hydrogens is 178 g/mol. The third-order valence-corrected chi connectivity index (χ3v) is 3.24. The fraction of sp³-hybridized carbons (Fsp3) is 0.900. The number of nitrogens with one attached hydrogen (secondary N) is 1. The van der Waals surface area contributed by atoms with E-state index in [1.807, 2.05) is 6.92 Å². The average molecular weight is 197 g/mol. The lowest BCUT2D eigenvalue weighted by Gasteiger charge is -2.36. The molecule has 2 aliphatic rings. The van der Waals surface area contributed by atoms with Crippen LogP contribution in [0.25, 0.3) is 0 Å². The molecule has 0 saturated carbocycles. The second kappa shape index (κ2) is 3.87. The van der Waals surface area contributed by atoms with E-state index in [1.54, 1.807) is 0 Å². The quantitative estimate of drug-likeness (QED) is 0.630. The van der Waals surface area contributed by atoms with Gasteiger partial charge in [-0.25, -0.2) is 0 Å². The number of nitrogens with two attached hydrogens (primary N) is 1. The first-order valence-electron chi connectivity index (χ1n) is 5.46. The average Bonchev–Trinajstić information content (AvgIpc) is 2.49. The van der Waals surface area contributed by atoms with Crippen molar-refractivity contribution in [3.05, 3.63) is 0 Å². The monoisotopic (exact) mass is 197 g/mol. The minimum Gasteiger partial charge on any atom is -0.354 e. The molecule has 3 unspecified atom stereocenters. The maximum Gasteiger partial charge on any atom is 0.224 e. The van der Waals surface area contributed by atoms with Gasteiger partial charge in [0.15, 0.2) is 0 Å². The highest BCUT2D eigenvalue weighted by Gasteiger charge is 2.40. The topological polar surface area (TPSA) is 58.4 Å². The number of rotatable bonds is 2. The molecule has 2 aliphatic heterocycles. The van der Waals surface area contributed by atoms with Crippen LogP contribution in [-0.2, 0) is 4.79 Å². The number of carbonyl (C=O) groups is 1. The van der Waals surface area contributed by atoms with E-state index in [1.165, 1.54) is 0 Å². The molecule has 3 N–H and O–H groups in total. The third-order valence-electron chi connectivity index (χ3n) is 3.24. The molecule has 0 aromatic rings. The first-order valence-corrected chi connectivity index (χ1v) is 5.46. The van der Waals surface area contributed by atoms with Crippen LogP contribution in [0.1, 0.15) is 19.8 Å². The number of likely N-dealkylation sites (tertiary alicyclic amines) is 1. The van der Waals surface area contributed by atoms with Gasteiger partial charge in [0.1, 0.15) is 0 Å². The van der Waals surface area contributed by atoms with Gasteiger partial charge in [-0.05, 0) is 26.3 Å². The van der Waals surface area contributed by atoms with Crippen molar-refractivity contribution in [1.82, 2.24) is 10.2 Å². The van der Waals surface area contributed by atoms with Crippen LogP contribution in [-0.4, -0.2) is 42.5 Å². The molecular formula is C10H19N3O. The van der Waals surface area contributed by atoms with Crippen LogP contribution in [0.2, 0.25) is 0 Å². The van der Waals surface area contributed by atoms with Gasteiger partial charge in [-0.3, -0.25) is 9.69 Å². The van der Waals surface area contributed by atoms with Gasteiger partial charge in [0.25, 0.3) is 0 Å². The molecule has 0 aromatic heterocycles. The normalized spacial score (nSPS) is 35.1. The van der Waals surface area contributed by atoms with Gasteiger partial charge in [0.2, 0.25) is 5.91 Å². The smallest absolute Gasteiger partial charge is 0.224 e. The van der Waals surface area contributed by atoms with Gasteiger partial charge >= 0.3 is 0 Å². The Hall–Kier alpha value is -0.610. The minimum absolute atomic E-state index is 0.199. The van der Waals surface area contributed by atoms with Gasteiger partial charge in [-0.15, -0.1) is 0 Å². The molecule has 1 amide bonds. The molecule has 3 atom stereocenters. The maximum atomic E-state index is 11.5. The summed E-state index contributed by atoms with van der Waals surface area (Å²) in [5.74, 6) is 0.465. The number of amides is 1. The van der Waals surface area contributed by atoms with Crippen LogP contribution < -0.4 is 11.1 Å². The Morgan fingerprint density at radius 1 is 1.71 bits per heavy atom. The van der Waals surface area contributed by atoms with E-state index in [9.17, 15) is 4.79 Å². The Morgan fingerprint density at radius 2 is 2.50 bits per heavy atom. The molecule has 14 heavy (non-hydrogen) atoms. The zero-order chi connectivity index (χ0) is 10.1. The molecule has 80 valence electrons. The van der Waals surface area contributed by atoms with E-state index in [0.29, 0.717) is 6.04 Å². The van der Waals surface area contributed by atoms with Crippen LogP contribution in [0, 0.1) is 5.92 Å². The number of hydrogen-bond donors (Lipinski definition) is 2. The van der Waals surface area contributed by atoms with Crippen molar-refractivity contribution < 1.29 is 4.79 Å². The Balaban J connectivity index is 2.01. The molecule has 0 radical (unpaired) electrons. The molecule has 4 heteroatoms. The Bertz CT molecular complexity index is 229. The zero-order valence-corrected chi connectivity index (χ0v) is 8.70. The second-order valence-electron chi connectivity index (χ2n) is 4.53. The largest absolute Gasteiger partial charge is 0.354 e. The number of nitrogens with zero attached hydrogens (tertiary/aromatic N) is 1. The lowest BCUT2D eigenvalue weighted by molar-refractivity contribution is -0.124. The summed E-state index contributed by atoms with van der Waals surface area (Å²) in [5.41, 5.74) is 5.79. The molecule has 2 saturated heterocycles. The molecule has 0 aromatic carbocycles. The number of carbonyl (C=O) groups excluding carboxylic acids is 1. The Kier molecular flexibility index (Phi) is 2.74. The van der Waals surface area contributed by atoms with Gasteiger partial charge in [0.05, 0.1) is 5.92 Å². The Labute approximate surface area is 84.8 Å². The summed E-state index contributed by atoms with van der Waals surface area (Å²) in [4.78, 5) is 13.8. The lowest BCUT2D eigenvalue weighted by atomic mass is 9.91. The number of piperidine rings is 1. The minimum atomic E-state index is 0.199. The highest BCUT2D eigenvalue weighted by molar-refractivity contribution is 5.82. The summed E-state index contributed by atoms with van der Waals surface area (Å²) < 4.78 is 0. The molecule has 4 nitrogen and oxygen atoms in total. The SMILES string of the molecule is CC(N)CN1CCCC2C(=O)NCC21. The van der Waals surface area contributed by atoms with Crippen molar-refractivity contribution in [2.24, 2.45) is 11.7 Å². The van der Waals surface area contributed by atoms with Crippen LogP contribution in [0.15, 0.2) is 0 Å². The van der Waals surface area contributed by atoms with E-state index >= 15 is 0 Å². The summed E-state index contributed by atoms with van der Waals surface area (Å²) in [7, 11) is 0. The number of hydrogen-bond acceptors (Lipinski definition) is 3. The van der Waals surface area contributed by atoms with E-state index in [2.05, 4.69) is 10.2 Å². The van der Waals surface area contributed by atoms with E-state index in [4.69, 9.17) is 5.73 Å². The summed E-state index contributed by atoms with van der Waals surface area (Å²) in [6, 6.07) is 0.603. The predicted molar refractivity (Wildman–Crippen MR) is 54.7 cm³/mol. The first-order chi connectivity index (χ1) is 6.68. The van der Waals surface area contributed by atoms with Crippen molar-refractivity contribution in [1.29, 1.82) is 0 Å². The standard InChI is InChI=1S/C10H19N3O/c1-7(11)6-13-4-2-3-8-9(13)5-12-10(8)14/h7-9H,2-6,11H2,1H3,(H,12,14). The van der Waals surface area contributed by atoms with Gasteiger partial charge < -0.3 is 11.1 Å². The van der Waals surface area contributed by atoms with Crippen molar-refractivity contribution in [2.75, 3.05) is 19.6 Å². The fourth-order valence-electron chi connectivity index (χ4n) is 2.64. The van der Waals surface area contributed by atoms with Gasteiger partial charge in [-0.1, -0.05) is 0 Å². The van der Waals surface area contributed by atoms with Crippen LogP contribution in [0.3, 0.4) is 0 Å². The summed E-state index contributed by atoms with van der Waals surface area (Å²) >= 11 is 0. The lowest BCUT2D eigenvalue weighted by Crippen LogP contribution is -2.49. The predicted octanol–water partition coefficient (Wildman–Crippen LogP) is -0.456. The summed E-state index contributed by atoms with van der Waals surface area (Å²) in [6.45, 7) is 4.85. The molecule has 0 bridgehead atoms. The van der Waals surface area contributed by atoms with Crippen LogP contribution in [0.5, 0.6) is 0 Å². The van der Waals surface area contributed by atoms with Crippen LogP contribution >= 0.6 is 0 Å². The van der Waals surface area contributed by atoms with Crippen LogP contribution in [0.4, 0.5) is 0 Å². The van der Waals surface area contributed by atoms with Crippen molar-refractivity contribution in [3.8, 4) is 0 Å². The maximum absolute atomic E-state index is 11.5. The molecule has 0 spiro atoms. The van der Waals surface area contributed by atoms with E-state index < -0.39 is 0 Å². The first kappa shape index (κ1) is 9.93. The second-order valence-corrected chi connectivity index (χ2v) is 4.53. The molecule has 0 aliphatic carbocycles. The van der Waals surface area contributed by atoms with E-state index in [0.717, 1.165) is 32.5 Å². The Morgan fingerprint density at radius 3 is 3.21 bits per heavy atom. The van der Waals surface area contributed by atoms with Gasteiger partial charge in [-0.2, -0.15) is 0 Å². The van der Waals surface area contributed by atoms with Crippen molar-refractivity contribution in [3.63, 3.8) is 0 Å². The molecule has 2 heterocycles. The van der Waals surface area contributed by atoms with E-state index in [-0.39, 0.29) is 17.9 Å². The highest BCUT2D eigenvalue weighted by Crippen LogP contribution is 2.26. The third kappa shape index (κ3) is 1.77. The summed E-state index contributed by atoms with van der Waals surface area (Å²) in [6.07, 6.45) is 2.17. The van der Waals surface area contributed by atoms with Crippen molar-refractivity contribution in [2.45, 2.75) is 31.8 Å². The zero-order valence-electron chi connectivity index (χ0n) is 8.70. The highest BCUT2D eigenvalue weighted by atomic mass is 16.2. The molecule has 2 fully saturated rings.